The largest absolute Gasteiger partial charge is 0.493 e. The van der Waals surface area contributed by atoms with Crippen molar-refractivity contribution in [1.82, 2.24) is 14.7 Å². The number of nitrogens with zero attached hydrogens (tertiary/aromatic N) is 3. The Morgan fingerprint density at radius 3 is 2.42 bits per heavy atom. The second-order valence-corrected chi connectivity index (χ2v) is 6.66. The monoisotopic (exact) mass is 363 g/mol. The summed E-state index contributed by atoms with van der Waals surface area (Å²) in [6, 6.07) is 5.55. The van der Waals surface area contributed by atoms with Crippen LogP contribution < -0.4 is 9.47 Å². The standard InChI is InChI=1S/C19H29N3O4/c1-20(2)19(24)14-21-8-5-9-22(11-10-21)18(23)13-15-6-7-16(25-3)17(12-15)26-4/h6-7,12H,5,8-11,13-14H2,1-4H3. The van der Waals surface area contributed by atoms with Crippen LogP contribution in [0.25, 0.3) is 0 Å². The van der Waals surface area contributed by atoms with Gasteiger partial charge in [-0.1, -0.05) is 6.07 Å². The van der Waals surface area contributed by atoms with Crippen LogP contribution in [0.15, 0.2) is 18.2 Å². The minimum absolute atomic E-state index is 0.0927. The first-order valence-corrected chi connectivity index (χ1v) is 8.85. The second-order valence-electron chi connectivity index (χ2n) is 6.66. The van der Waals surface area contributed by atoms with Crippen LogP contribution in [0.2, 0.25) is 0 Å². The van der Waals surface area contributed by atoms with Crippen molar-refractivity contribution in [2.24, 2.45) is 0 Å². The normalized spacial score (nSPS) is 15.3. The Bertz CT molecular complexity index is 633. The van der Waals surface area contributed by atoms with Gasteiger partial charge in [0, 0.05) is 40.3 Å². The summed E-state index contributed by atoms with van der Waals surface area (Å²) in [6.45, 7) is 3.33. The van der Waals surface area contributed by atoms with E-state index < -0.39 is 0 Å². The molecule has 7 nitrogen and oxygen atoms in total. The maximum Gasteiger partial charge on any atom is 0.236 e. The lowest BCUT2D eigenvalue weighted by Gasteiger charge is -2.23. The maximum atomic E-state index is 12.7. The van der Waals surface area contributed by atoms with Gasteiger partial charge in [0.05, 0.1) is 27.2 Å². The molecule has 0 saturated carbocycles. The summed E-state index contributed by atoms with van der Waals surface area (Å²) < 4.78 is 10.5. The van der Waals surface area contributed by atoms with Crippen molar-refractivity contribution in [1.29, 1.82) is 0 Å². The fourth-order valence-electron chi connectivity index (χ4n) is 2.99. The zero-order chi connectivity index (χ0) is 19.1. The molecular formula is C19H29N3O4. The zero-order valence-corrected chi connectivity index (χ0v) is 16.2. The molecule has 0 N–H and O–H groups in total. The summed E-state index contributed by atoms with van der Waals surface area (Å²) >= 11 is 0. The Kier molecular flexibility index (Phi) is 7.26. The number of carbonyl (C=O) groups excluding carboxylic acids is 2. The molecule has 1 aromatic rings. The molecule has 26 heavy (non-hydrogen) atoms. The molecule has 1 fully saturated rings. The number of hydrogen-bond acceptors (Lipinski definition) is 5. The van der Waals surface area contributed by atoms with Crippen molar-refractivity contribution in [3.8, 4) is 11.5 Å². The summed E-state index contributed by atoms with van der Waals surface area (Å²) in [7, 11) is 6.70. The average Bonchev–Trinajstić information content (AvgIpc) is 2.87. The van der Waals surface area contributed by atoms with Crippen LogP contribution >= 0.6 is 0 Å². The number of benzene rings is 1. The first kappa shape index (κ1) is 20.0. The van der Waals surface area contributed by atoms with E-state index in [0.717, 1.165) is 31.6 Å². The van der Waals surface area contributed by atoms with Gasteiger partial charge in [0.15, 0.2) is 11.5 Å². The van der Waals surface area contributed by atoms with Crippen molar-refractivity contribution >= 4 is 11.8 Å². The molecule has 0 bridgehead atoms. The Hall–Kier alpha value is -2.28. The van der Waals surface area contributed by atoms with Gasteiger partial charge in [-0.15, -0.1) is 0 Å². The predicted molar refractivity (Wildman–Crippen MR) is 99.6 cm³/mol. The fourth-order valence-corrected chi connectivity index (χ4v) is 2.99. The molecule has 2 amide bonds. The Balaban J connectivity index is 1.93. The minimum atomic E-state index is 0.0927. The topological polar surface area (TPSA) is 62.3 Å². The lowest BCUT2D eigenvalue weighted by Crippen LogP contribution is -2.40. The molecule has 1 aromatic carbocycles. The Labute approximate surface area is 155 Å². The van der Waals surface area contributed by atoms with E-state index in [-0.39, 0.29) is 11.8 Å². The van der Waals surface area contributed by atoms with Gasteiger partial charge in [0.2, 0.25) is 11.8 Å². The number of likely N-dealkylation sites (N-methyl/N-ethyl adjacent to an activating group) is 1. The molecule has 0 radical (unpaired) electrons. The van der Waals surface area contributed by atoms with E-state index in [9.17, 15) is 9.59 Å². The van der Waals surface area contributed by atoms with Gasteiger partial charge in [-0.05, 0) is 24.1 Å². The van der Waals surface area contributed by atoms with Crippen LogP contribution in [0.5, 0.6) is 11.5 Å². The molecule has 144 valence electrons. The lowest BCUT2D eigenvalue weighted by atomic mass is 10.1. The van der Waals surface area contributed by atoms with E-state index in [4.69, 9.17) is 9.47 Å². The van der Waals surface area contributed by atoms with Gasteiger partial charge in [-0.3, -0.25) is 14.5 Å². The molecule has 2 rings (SSSR count). The Morgan fingerprint density at radius 2 is 1.77 bits per heavy atom. The molecule has 0 aromatic heterocycles. The smallest absolute Gasteiger partial charge is 0.236 e. The number of amides is 2. The highest BCUT2D eigenvalue weighted by Crippen LogP contribution is 2.27. The highest BCUT2D eigenvalue weighted by molar-refractivity contribution is 5.79. The predicted octanol–water partition coefficient (Wildman–Crippen LogP) is 0.869. The molecule has 1 aliphatic rings. The van der Waals surface area contributed by atoms with Crippen molar-refractivity contribution < 1.29 is 19.1 Å². The zero-order valence-electron chi connectivity index (χ0n) is 16.2. The minimum Gasteiger partial charge on any atom is -0.493 e. The highest BCUT2D eigenvalue weighted by atomic mass is 16.5. The quantitative estimate of drug-likeness (QED) is 0.751. The van der Waals surface area contributed by atoms with Gasteiger partial charge >= 0.3 is 0 Å². The molecule has 7 heteroatoms. The van der Waals surface area contributed by atoms with Gasteiger partial charge < -0.3 is 19.3 Å². The number of methoxy groups -OCH3 is 2. The fraction of sp³-hybridized carbons (Fsp3) is 0.579. The summed E-state index contributed by atoms with van der Waals surface area (Å²) in [4.78, 5) is 30.2. The molecule has 1 aliphatic heterocycles. The van der Waals surface area contributed by atoms with E-state index >= 15 is 0 Å². The van der Waals surface area contributed by atoms with E-state index in [2.05, 4.69) is 4.90 Å². The van der Waals surface area contributed by atoms with Crippen molar-refractivity contribution in [3.05, 3.63) is 23.8 Å². The van der Waals surface area contributed by atoms with E-state index in [1.165, 1.54) is 0 Å². The summed E-state index contributed by atoms with van der Waals surface area (Å²) in [6.07, 6.45) is 1.20. The first-order chi connectivity index (χ1) is 12.4. The van der Waals surface area contributed by atoms with Gasteiger partial charge in [-0.2, -0.15) is 0 Å². The second kappa shape index (κ2) is 9.43. The average molecular weight is 363 g/mol. The lowest BCUT2D eigenvalue weighted by molar-refractivity contribution is -0.130. The first-order valence-electron chi connectivity index (χ1n) is 8.85. The molecular weight excluding hydrogens is 334 g/mol. The van der Waals surface area contributed by atoms with Crippen LogP contribution in [-0.4, -0.2) is 87.6 Å². The Morgan fingerprint density at radius 1 is 1.04 bits per heavy atom. The molecule has 0 unspecified atom stereocenters. The molecule has 0 atom stereocenters. The van der Waals surface area contributed by atoms with Crippen molar-refractivity contribution in [2.75, 3.05) is 61.0 Å². The van der Waals surface area contributed by atoms with Crippen LogP contribution in [-0.2, 0) is 16.0 Å². The molecule has 0 spiro atoms. The van der Waals surface area contributed by atoms with E-state index in [1.807, 2.05) is 23.1 Å². The number of hydrogen-bond donors (Lipinski definition) is 0. The number of rotatable bonds is 6. The third kappa shape index (κ3) is 5.36. The number of ether oxygens (including phenoxy) is 2. The molecule has 1 heterocycles. The van der Waals surface area contributed by atoms with Crippen LogP contribution in [0.1, 0.15) is 12.0 Å². The van der Waals surface area contributed by atoms with Crippen molar-refractivity contribution in [2.45, 2.75) is 12.8 Å². The van der Waals surface area contributed by atoms with Crippen LogP contribution in [0.3, 0.4) is 0 Å². The summed E-state index contributed by atoms with van der Waals surface area (Å²) in [5.41, 5.74) is 0.900. The third-order valence-electron chi connectivity index (χ3n) is 4.60. The van der Waals surface area contributed by atoms with E-state index in [1.54, 1.807) is 33.2 Å². The molecule has 1 saturated heterocycles. The van der Waals surface area contributed by atoms with Gasteiger partial charge in [0.25, 0.3) is 0 Å². The summed E-state index contributed by atoms with van der Waals surface area (Å²) in [5, 5.41) is 0. The molecule has 0 aliphatic carbocycles. The third-order valence-corrected chi connectivity index (χ3v) is 4.60. The van der Waals surface area contributed by atoms with Gasteiger partial charge in [-0.25, -0.2) is 0 Å². The van der Waals surface area contributed by atoms with Crippen LogP contribution in [0, 0.1) is 0 Å². The summed E-state index contributed by atoms with van der Waals surface area (Å²) in [5.74, 6) is 1.47. The van der Waals surface area contributed by atoms with E-state index in [0.29, 0.717) is 31.0 Å². The number of carbonyl (C=O) groups is 2. The highest BCUT2D eigenvalue weighted by Gasteiger charge is 2.21. The van der Waals surface area contributed by atoms with Crippen molar-refractivity contribution in [3.63, 3.8) is 0 Å². The maximum absolute atomic E-state index is 12.7. The SMILES string of the molecule is COc1ccc(CC(=O)N2CCCN(CC(=O)N(C)C)CC2)cc1OC. The van der Waals surface area contributed by atoms with Gasteiger partial charge in [0.1, 0.15) is 0 Å². The van der Waals surface area contributed by atoms with Crippen LogP contribution in [0.4, 0.5) is 0 Å².